The number of nitrogens with one attached hydrogen (secondary N) is 2. The van der Waals surface area contributed by atoms with E-state index in [2.05, 4.69) is 10.0 Å². The third kappa shape index (κ3) is 5.04. The van der Waals surface area contributed by atoms with E-state index in [-0.39, 0.29) is 17.8 Å². The molecular formula is C15H30ClN3O5S. The zero-order chi connectivity index (χ0) is 17.1. The number of hydrogen-bond donors (Lipinski definition) is 2. The number of methoxy groups -OCH3 is 1. The Morgan fingerprint density at radius 3 is 2.28 bits per heavy atom. The van der Waals surface area contributed by atoms with Crippen LogP contribution in [-0.4, -0.2) is 78.2 Å². The maximum Gasteiger partial charge on any atom is 0.279 e. The summed E-state index contributed by atoms with van der Waals surface area (Å²) >= 11 is 0. The molecule has 148 valence electrons. The van der Waals surface area contributed by atoms with Gasteiger partial charge in [-0.1, -0.05) is 0 Å². The molecular weight excluding hydrogens is 370 g/mol. The fourth-order valence-electron chi connectivity index (χ4n) is 3.82. The lowest BCUT2D eigenvalue weighted by molar-refractivity contribution is -0.179. The molecule has 0 atom stereocenters. The van der Waals surface area contributed by atoms with Crippen LogP contribution in [-0.2, 0) is 24.4 Å². The van der Waals surface area contributed by atoms with Crippen LogP contribution >= 0.6 is 12.4 Å². The van der Waals surface area contributed by atoms with Crippen LogP contribution in [0, 0.1) is 5.41 Å². The largest absolute Gasteiger partial charge is 0.384 e. The summed E-state index contributed by atoms with van der Waals surface area (Å²) < 4.78 is 46.3. The van der Waals surface area contributed by atoms with Crippen LogP contribution in [0.15, 0.2) is 0 Å². The van der Waals surface area contributed by atoms with Gasteiger partial charge >= 0.3 is 0 Å². The summed E-state index contributed by atoms with van der Waals surface area (Å²) in [7, 11) is -1.82. The summed E-state index contributed by atoms with van der Waals surface area (Å²) in [5.74, 6) is -0.557. The van der Waals surface area contributed by atoms with Crippen LogP contribution in [0.5, 0.6) is 0 Å². The van der Waals surface area contributed by atoms with Gasteiger partial charge in [0, 0.05) is 45.0 Å². The van der Waals surface area contributed by atoms with Crippen LogP contribution in [0.4, 0.5) is 0 Å². The van der Waals surface area contributed by atoms with Crippen LogP contribution in [0.2, 0.25) is 0 Å². The molecule has 0 aromatic rings. The van der Waals surface area contributed by atoms with Crippen molar-refractivity contribution in [2.75, 3.05) is 59.7 Å². The van der Waals surface area contributed by atoms with Gasteiger partial charge in [0.25, 0.3) is 10.2 Å². The van der Waals surface area contributed by atoms with Gasteiger partial charge in [-0.3, -0.25) is 0 Å². The Morgan fingerprint density at radius 2 is 1.72 bits per heavy atom. The molecule has 3 rings (SSSR count). The topological polar surface area (TPSA) is 89.1 Å². The summed E-state index contributed by atoms with van der Waals surface area (Å²) in [5, 5.41) is 3.32. The second-order valence-electron chi connectivity index (χ2n) is 7.02. The first kappa shape index (κ1) is 21.3. The Balaban J connectivity index is 0.00000225. The number of rotatable bonds is 6. The minimum Gasteiger partial charge on any atom is -0.384 e. The predicted molar refractivity (Wildman–Crippen MR) is 96.0 cm³/mol. The van der Waals surface area contributed by atoms with Gasteiger partial charge < -0.3 is 19.5 Å². The minimum absolute atomic E-state index is 0. The molecule has 0 bridgehead atoms. The quantitative estimate of drug-likeness (QED) is 0.658. The van der Waals surface area contributed by atoms with Crippen molar-refractivity contribution in [2.24, 2.45) is 5.41 Å². The lowest BCUT2D eigenvalue weighted by atomic mass is 9.80. The molecule has 3 heterocycles. The van der Waals surface area contributed by atoms with Gasteiger partial charge in [0.2, 0.25) is 0 Å². The highest BCUT2D eigenvalue weighted by atomic mass is 35.5. The normalized spacial score (nSPS) is 26.4. The average molecular weight is 400 g/mol. The van der Waals surface area contributed by atoms with Crippen molar-refractivity contribution in [3.63, 3.8) is 0 Å². The van der Waals surface area contributed by atoms with Crippen molar-refractivity contribution >= 4 is 22.6 Å². The molecule has 2 N–H and O–H groups in total. The third-order valence-corrected chi connectivity index (χ3v) is 6.94. The van der Waals surface area contributed by atoms with E-state index in [1.54, 1.807) is 7.11 Å². The highest BCUT2D eigenvalue weighted by Crippen LogP contribution is 2.32. The lowest BCUT2D eigenvalue weighted by Crippen LogP contribution is -2.53. The fraction of sp³-hybridized carbons (Fsp3) is 1.00. The molecule has 0 saturated carbocycles. The maximum absolute atomic E-state index is 12.7. The Labute approximate surface area is 156 Å². The smallest absolute Gasteiger partial charge is 0.279 e. The number of piperidine rings is 2. The van der Waals surface area contributed by atoms with E-state index in [0.29, 0.717) is 52.3 Å². The van der Waals surface area contributed by atoms with Crippen LogP contribution in [0.1, 0.15) is 25.7 Å². The van der Waals surface area contributed by atoms with Crippen molar-refractivity contribution < 1.29 is 22.6 Å². The van der Waals surface area contributed by atoms with E-state index in [1.807, 2.05) is 0 Å². The second-order valence-corrected chi connectivity index (χ2v) is 8.77. The van der Waals surface area contributed by atoms with Crippen molar-refractivity contribution in [3.8, 4) is 0 Å². The Kier molecular flexibility index (Phi) is 7.49. The molecule has 3 aliphatic heterocycles. The van der Waals surface area contributed by atoms with Crippen molar-refractivity contribution in [2.45, 2.75) is 31.5 Å². The molecule has 0 unspecified atom stereocenters. The second kappa shape index (κ2) is 8.79. The Hall–Kier alpha value is -0.0000000000000000555. The number of hydrogen-bond acceptors (Lipinski definition) is 6. The van der Waals surface area contributed by atoms with E-state index in [4.69, 9.17) is 14.2 Å². The average Bonchev–Trinajstić information content (AvgIpc) is 3.03. The van der Waals surface area contributed by atoms with Crippen molar-refractivity contribution in [1.29, 1.82) is 0 Å². The molecule has 0 radical (unpaired) electrons. The van der Waals surface area contributed by atoms with Gasteiger partial charge in [0.05, 0.1) is 19.8 Å². The van der Waals surface area contributed by atoms with E-state index in [0.717, 1.165) is 25.9 Å². The first-order valence-electron chi connectivity index (χ1n) is 8.72. The molecule has 3 aliphatic rings. The third-order valence-electron chi connectivity index (χ3n) is 5.38. The summed E-state index contributed by atoms with van der Waals surface area (Å²) in [4.78, 5) is 0. The summed E-state index contributed by atoms with van der Waals surface area (Å²) in [5.41, 5.74) is -0.123. The van der Waals surface area contributed by atoms with Crippen LogP contribution < -0.4 is 10.0 Å². The van der Waals surface area contributed by atoms with E-state index in [1.165, 1.54) is 4.31 Å². The summed E-state index contributed by atoms with van der Waals surface area (Å²) in [6, 6.07) is 0. The highest BCUT2D eigenvalue weighted by Gasteiger charge is 2.43. The van der Waals surface area contributed by atoms with Crippen molar-refractivity contribution in [1.82, 2.24) is 14.3 Å². The molecule has 0 aromatic carbocycles. The zero-order valence-corrected chi connectivity index (χ0v) is 16.4. The predicted octanol–water partition coefficient (Wildman–Crippen LogP) is 0.0977. The SMILES string of the molecule is COCC1(CNS(=O)(=O)N2CCC3(CC2)OCCO3)CCNCC1.Cl. The molecule has 0 amide bonds. The summed E-state index contributed by atoms with van der Waals surface area (Å²) in [6.07, 6.45) is 2.99. The molecule has 25 heavy (non-hydrogen) atoms. The molecule has 3 fully saturated rings. The van der Waals surface area contributed by atoms with E-state index in [9.17, 15) is 8.42 Å². The van der Waals surface area contributed by atoms with Crippen molar-refractivity contribution in [3.05, 3.63) is 0 Å². The Bertz CT molecular complexity index is 506. The van der Waals surface area contributed by atoms with Gasteiger partial charge in [-0.2, -0.15) is 12.7 Å². The minimum atomic E-state index is -3.49. The van der Waals surface area contributed by atoms with Gasteiger partial charge in [-0.05, 0) is 25.9 Å². The van der Waals surface area contributed by atoms with Gasteiger partial charge in [0.15, 0.2) is 5.79 Å². The van der Waals surface area contributed by atoms with Gasteiger partial charge in [-0.15, -0.1) is 12.4 Å². The fourth-order valence-corrected chi connectivity index (χ4v) is 5.16. The molecule has 3 saturated heterocycles. The monoisotopic (exact) mass is 399 g/mol. The zero-order valence-electron chi connectivity index (χ0n) is 14.8. The highest BCUT2D eigenvalue weighted by molar-refractivity contribution is 7.87. The maximum atomic E-state index is 12.7. The number of halogens is 1. The molecule has 10 heteroatoms. The first-order chi connectivity index (χ1) is 11.5. The van der Waals surface area contributed by atoms with Gasteiger partial charge in [0.1, 0.15) is 0 Å². The number of nitrogens with zero attached hydrogens (tertiary/aromatic N) is 1. The van der Waals surface area contributed by atoms with Crippen LogP contribution in [0.25, 0.3) is 0 Å². The molecule has 0 aromatic heterocycles. The van der Waals surface area contributed by atoms with E-state index >= 15 is 0 Å². The molecule has 0 aliphatic carbocycles. The van der Waals surface area contributed by atoms with Crippen LogP contribution in [0.3, 0.4) is 0 Å². The standard InChI is InChI=1S/C15H29N3O5S.ClH/c1-21-13-14(2-6-16-7-3-14)12-17-24(19,20)18-8-4-15(5-9-18)22-10-11-23-15;/h16-17H,2-13H2,1H3;1H. The molecule has 8 nitrogen and oxygen atoms in total. The molecule has 1 spiro atoms. The summed E-state index contributed by atoms with van der Waals surface area (Å²) in [6.45, 7) is 4.82. The van der Waals surface area contributed by atoms with E-state index < -0.39 is 16.0 Å². The van der Waals surface area contributed by atoms with Gasteiger partial charge in [-0.25, -0.2) is 4.72 Å². The first-order valence-corrected chi connectivity index (χ1v) is 10.2. The lowest BCUT2D eigenvalue weighted by Gasteiger charge is -2.39. The Morgan fingerprint density at radius 1 is 1.12 bits per heavy atom. The number of ether oxygens (including phenoxy) is 3.